The monoisotopic (exact) mass is 367 g/mol. The molecule has 7 nitrogen and oxygen atoms in total. The molecule has 0 N–H and O–H groups in total. The zero-order chi connectivity index (χ0) is 18.7. The molecule has 1 aromatic rings. The van der Waals surface area contributed by atoms with Gasteiger partial charge in [0.1, 0.15) is 11.8 Å². The number of benzene rings is 1. The fourth-order valence-corrected chi connectivity index (χ4v) is 2.91. The lowest BCUT2D eigenvalue weighted by Gasteiger charge is -2.22. The maximum atomic E-state index is 12.5. The number of nitrogens with zero attached hydrogens (tertiary/aromatic N) is 3. The lowest BCUT2D eigenvalue weighted by atomic mass is 10.1. The molecule has 1 aliphatic heterocycles. The molecule has 0 aliphatic carbocycles. The molecule has 0 aromatic heterocycles. The first-order chi connectivity index (χ1) is 11.8. The topological polar surface area (TPSA) is 70.2 Å². The fraction of sp³-hybridized carbons (Fsp3) is 0.471. The summed E-state index contributed by atoms with van der Waals surface area (Å²) in [4.78, 5) is 40.2. The molecular formula is C17H22ClN3O4. The van der Waals surface area contributed by atoms with Gasteiger partial charge in [0, 0.05) is 38.3 Å². The summed E-state index contributed by atoms with van der Waals surface area (Å²) in [6, 6.07) is 4.07. The van der Waals surface area contributed by atoms with Crippen molar-refractivity contribution >= 4 is 29.4 Å². The minimum absolute atomic E-state index is 0.0630. The van der Waals surface area contributed by atoms with Crippen LogP contribution in [0.1, 0.15) is 18.9 Å². The first-order valence-corrected chi connectivity index (χ1v) is 8.33. The average molecular weight is 368 g/mol. The van der Waals surface area contributed by atoms with Crippen LogP contribution in [0.25, 0.3) is 0 Å². The van der Waals surface area contributed by atoms with Crippen LogP contribution in [0, 0.1) is 0 Å². The van der Waals surface area contributed by atoms with E-state index in [0.717, 1.165) is 10.5 Å². The van der Waals surface area contributed by atoms with Gasteiger partial charge in [-0.15, -0.1) is 0 Å². The van der Waals surface area contributed by atoms with Gasteiger partial charge < -0.3 is 14.5 Å². The second-order valence-electron chi connectivity index (χ2n) is 5.95. The zero-order valence-corrected chi connectivity index (χ0v) is 15.5. The van der Waals surface area contributed by atoms with Crippen LogP contribution in [-0.4, -0.2) is 66.3 Å². The van der Waals surface area contributed by atoms with E-state index in [4.69, 9.17) is 16.3 Å². The first-order valence-electron chi connectivity index (χ1n) is 7.95. The highest BCUT2D eigenvalue weighted by atomic mass is 35.5. The second-order valence-corrected chi connectivity index (χ2v) is 6.38. The number of hydrogen-bond acceptors (Lipinski definition) is 4. The maximum Gasteiger partial charge on any atom is 0.326 e. The van der Waals surface area contributed by atoms with Gasteiger partial charge in [-0.25, -0.2) is 4.79 Å². The highest BCUT2D eigenvalue weighted by Gasteiger charge is 2.42. The van der Waals surface area contributed by atoms with E-state index in [1.807, 2.05) is 6.92 Å². The maximum absolute atomic E-state index is 12.5. The molecule has 0 saturated carbocycles. The first kappa shape index (κ1) is 19.1. The van der Waals surface area contributed by atoms with Crippen LogP contribution in [0.15, 0.2) is 18.2 Å². The second kappa shape index (κ2) is 7.74. The van der Waals surface area contributed by atoms with Crippen LogP contribution in [0.5, 0.6) is 5.75 Å². The summed E-state index contributed by atoms with van der Waals surface area (Å²) >= 11 is 6.03. The van der Waals surface area contributed by atoms with Crippen LogP contribution in [0.4, 0.5) is 4.79 Å². The van der Waals surface area contributed by atoms with Gasteiger partial charge in [-0.2, -0.15) is 0 Å². The Morgan fingerprint density at radius 3 is 2.56 bits per heavy atom. The van der Waals surface area contributed by atoms with E-state index in [0.29, 0.717) is 23.9 Å². The molecule has 4 amide bonds. The number of urea groups is 1. The van der Waals surface area contributed by atoms with Crippen molar-refractivity contribution in [1.82, 2.24) is 14.7 Å². The molecule has 1 saturated heterocycles. The molecule has 0 radical (unpaired) electrons. The smallest absolute Gasteiger partial charge is 0.326 e. The van der Waals surface area contributed by atoms with E-state index < -0.39 is 12.1 Å². The summed E-state index contributed by atoms with van der Waals surface area (Å²) in [5, 5.41) is 0.553. The molecule has 1 heterocycles. The van der Waals surface area contributed by atoms with Crippen molar-refractivity contribution in [2.45, 2.75) is 25.9 Å². The highest BCUT2D eigenvalue weighted by Crippen LogP contribution is 2.25. The molecule has 1 aliphatic rings. The largest absolute Gasteiger partial charge is 0.494 e. The van der Waals surface area contributed by atoms with Crippen molar-refractivity contribution < 1.29 is 19.1 Å². The van der Waals surface area contributed by atoms with E-state index in [2.05, 4.69) is 0 Å². The van der Waals surface area contributed by atoms with Gasteiger partial charge >= 0.3 is 6.03 Å². The molecule has 0 unspecified atom stereocenters. The summed E-state index contributed by atoms with van der Waals surface area (Å²) in [6.07, 6.45) is -0.0630. The summed E-state index contributed by atoms with van der Waals surface area (Å²) < 4.78 is 5.56. The van der Waals surface area contributed by atoms with E-state index in [1.54, 1.807) is 25.2 Å². The third-order valence-corrected chi connectivity index (χ3v) is 4.43. The van der Waals surface area contributed by atoms with Crippen molar-refractivity contribution in [1.29, 1.82) is 0 Å². The number of carbonyl (C=O) groups excluding carboxylic acids is 3. The summed E-state index contributed by atoms with van der Waals surface area (Å²) in [5.41, 5.74) is 0.782. The van der Waals surface area contributed by atoms with E-state index in [1.165, 1.54) is 23.9 Å². The molecule has 136 valence electrons. The third kappa shape index (κ3) is 4.04. The predicted molar refractivity (Wildman–Crippen MR) is 93.4 cm³/mol. The van der Waals surface area contributed by atoms with Crippen LogP contribution in [0.2, 0.25) is 5.02 Å². The normalized spacial score (nSPS) is 17.2. The number of amides is 4. The Morgan fingerprint density at radius 2 is 2.00 bits per heavy atom. The highest BCUT2D eigenvalue weighted by molar-refractivity contribution is 6.30. The molecule has 1 fully saturated rings. The lowest BCUT2D eigenvalue weighted by molar-refractivity contribution is -0.135. The van der Waals surface area contributed by atoms with E-state index >= 15 is 0 Å². The number of hydrogen-bond donors (Lipinski definition) is 0. The van der Waals surface area contributed by atoms with Gasteiger partial charge in [0.15, 0.2) is 0 Å². The quantitative estimate of drug-likeness (QED) is 0.721. The van der Waals surface area contributed by atoms with Crippen molar-refractivity contribution in [2.24, 2.45) is 0 Å². The van der Waals surface area contributed by atoms with E-state index in [-0.39, 0.29) is 18.2 Å². The summed E-state index contributed by atoms with van der Waals surface area (Å²) in [5.74, 6) is 0.0539. The molecule has 2 rings (SSSR count). The minimum atomic E-state index is -0.766. The predicted octanol–water partition coefficient (Wildman–Crippen LogP) is 1.98. The Kier molecular flexibility index (Phi) is 5.89. The van der Waals surface area contributed by atoms with Gasteiger partial charge in [0.2, 0.25) is 5.91 Å². The molecule has 1 atom stereocenters. The average Bonchev–Trinajstić information content (AvgIpc) is 2.75. The Morgan fingerprint density at radius 1 is 1.32 bits per heavy atom. The number of ether oxygens (including phenoxy) is 1. The number of likely N-dealkylation sites (N-methyl/N-ethyl adjacent to an activating group) is 2. The van der Waals surface area contributed by atoms with Crippen molar-refractivity contribution in [3.63, 3.8) is 0 Å². The molecule has 1 aromatic carbocycles. The van der Waals surface area contributed by atoms with Crippen LogP contribution in [0.3, 0.4) is 0 Å². The Labute approximate surface area is 152 Å². The molecule has 0 bridgehead atoms. The third-order valence-electron chi connectivity index (χ3n) is 4.20. The minimum Gasteiger partial charge on any atom is -0.494 e. The van der Waals surface area contributed by atoms with Crippen molar-refractivity contribution in [3.8, 4) is 5.75 Å². The molecule has 0 spiro atoms. The Hall–Kier alpha value is -2.28. The molecule has 8 heteroatoms. The zero-order valence-electron chi connectivity index (χ0n) is 14.8. The molecule has 25 heavy (non-hydrogen) atoms. The fourth-order valence-electron chi connectivity index (χ4n) is 2.71. The van der Waals surface area contributed by atoms with Gasteiger partial charge in [-0.05, 0) is 25.1 Å². The number of imide groups is 1. The van der Waals surface area contributed by atoms with Crippen molar-refractivity contribution in [3.05, 3.63) is 28.8 Å². The Balaban J connectivity index is 2.07. The van der Waals surface area contributed by atoms with Gasteiger partial charge in [0.05, 0.1) is 13.0 Å². The van der Waals surface area contributed by atoms with Crippen LogP contribution >= 0.6 is 11.6 Å². The van der Waals surface area contributed by atoms with Gasteiger partial charge in [-0.3, -0.25) is 14.5 Å². The molecular weight excluding hydrogens is 346 g/mol. The van der Waals surface area contributed by atoms with Gasteiger partial charge in [-0.1, -0.05) is 11.6 Å². The van der Waals surface area contributed by atoms with Crippen LogP contribution < -0.4 is 4.74 Å². The summed E-state index contributed by atoms with van der Waals surface area (Å²) in [6.45, 7) is 2.67. The van der Waals surface area contributed by atoms with Crippen molar-refractivity contribution in [2.75, 3.05) is 27.7 Å². The van der Waals surface area contributed by atoms with Crippen LogP contribution in [-0.2, 0) is 16.1 Å². The number of carbonyl (C=O) groups is 3. The Bertz CT molecular complexity index is 694. The standard InChI is InChI=1S/C17H22ClN3O4/c1-5-25-14-7-6-12(18)8-11(14)10-19(2)15(22)9-13-16(23)21(4)17(24)20(13)3/h6-8,13H,5,9-10H2,1-4H3/t13-/m1/s1. The van der Waals surface area contributed by atoms with E-state index in [9.17, 15) is 14.4 Å². The lowest BCUT2D eigenvalue weighted by Crippen LogP contribution is -2.38. The summed E-state index contributed by atoms with van der Waals surface area (Å²) in [7, 11) is 4.57. The number of halogens is 1. The van der Waals surface area contributed by atoms with Gasteiger partial charge in [0.25, 0.3) is 5.91 Å². The number of rotatable bonds is 6. The SMILES string of the molecule is CCOc1ccc(Cl)cc1CN(C)C(=O)C[C@@H]1C(=O)N(C)C(=O)N1C.